The molecule has 0 saturated heterocycles. The van der Waals surface area contributed by atoms with E-state index in [-0.39, 0.29) is 0 Å². The van der Waals surface area contributed by atoms with Gasteiger partial charge in [0.05, 0.1) is 0 Å². The zero-order chi connectivity index (χ0) is 19.8. The molecule has 1 heterocycles. The van der Waals surface area contributed by atoms with Crippen molar-refractivity contribution in [2.45, 2.75) is 82.0 Å². The molecule has 0 unspecified atom stereocenters. The third-order valence-electron chi connectivity index (χ3n) is 6.35. The summed E-state index contributed by atoms with van der Waals surface area (Å²) in [5.74, 6) is 8.87. The summed E-state index contributed by atoms with van der Waals surface area (Å²) in [6.45, 7) is 6.97. The van der Waals surface area contributed by atoms with Crippen molar-refractivity contribution in [3.63, 3.8) is 0 Å². The first-order valence-corrected chi connectivity index (χ1v) is 18.2. The molecule has 1 saturated carbocycles. The van der Waals surface area contributed by atoms with Crippen LogP contribution in [0.1, 0.15) is 74.5 Å². The van der Waals surface area contributed by atoms with Gasteiger partial charge in [-0.1, -0.05) is 0 Å². The summed E-state index contributed by atoms with van der Waals surface area (Å²) < 4.78 is 4.04. The van der Waals surface area contributed by atoms with Crippen molar-refractivity contribution in [1.29, 1.82) is 0 Å². The van der Waals surface area contributed by atoms with Gasteiger partial charge in [0.2, 0.25) is 0 Å². The van der Waals surface area contributed by atoms with Gasteiger partial charge in [-0.25, -0.2) is 0 Å². The summed E-state index contributed by atoms with van der Waals surface area (Å²) in [5, 5.41) is 0. The van der Waals surface area contributed by atoms with E-state index in [0.717, 1.165) is 5.92 Å². The minimum atomic E-state index is -1.90. The normalized spacial score (nSPS) is 16.1. The summed E-state index contributed by atoms with van der Waals surface area (Å²) >= 11 is -1.90. The average molecular weight is 425 g/mol. The van der Waals surface area contributed by atoms with E-state index < -0.39 is 13.3 Å². The summed E-state index contributed by atoms with van der Waals surface area (Å²) in [4.78, 5) is 0. The first kappa shape index (κ1) is 20.6. The van der Waals surface area contributed by atoms with Crippen molar-refractivity contribution >= 4 is 17.7 Å². The van der Waals surface area contributed by atoms with E-state index >= 15 is 0 Å². The van der Waals surface area contributed by atoms with E-state index in [4.69, 9.17) is 0 Å². The molecule has 0 spiro atoms. The molecule has 1 aromatic heterocycles. The van der Waals surface area contributed by atoms with Crippen LogP contribution in [0.2, 0.25) is 17.3 Å². The van der Waals surface area contributed by atoms with E-state index in [9.17, 15) is 0 Å². The number of hydrogen-bond donors (Lipinski definition) is 0. The van der Waals surface area contributed by atoms with E-state index in [2.05, 4.69) is 80.1 Å². The van der Waals surface area contributed by atoms with E-state index in [1.807, 2.05) is 0 Å². The van der Waals surface area contributed by atoms with Crippen LogP contribution in [0.3, 0.4) is 0 Å². The van der Waals surface area contributed by atoms with Crippen molar-refractivity contribution in [1.82, 2.24) is 0 Å². The van der Waals surface area contributed by atoms with Crippen LogP contribution in [-0.2, 0) is 7.05 Å². The van der Waals surface area contributed by atoms with Gasteiger partial charge in [0, 0.05) is 0 Å². The van der Waals surface area contributed by atoms with Crippen LogP contribution in [0.15, 0.2) is 30.5 Å². The molecule has 1 aliphatic rings. The Hall–Kier alpha value is -1.09. The molecule has 0 radical (unpaired) electrons. The molecule has 3 rings (SSSR count). The van der Waals surface area contributed by atoms with Crippen LogP contribution in [-0.4, -0.2) is 13.3 Å². The van der Waals surface area contributed by atoms with E-state index in [1.54, 1.807) is 15.5 Å². The SMILES string of the molecule is Cc1ccc(C2CCCCC2)cc1-c1cc(C(C)C)[c]([Ge]([CH3])([CH3])[CH3])c[n+]1C. The molecule has 1 aromatic carbocycles. The van der Waals surface area contributed by atoms with Crippen LogP contribution >= 0.6 is 0 Å². The van der Waals surface area contributed by atoms with Gasteiger partial charge < -0.3 is 0 Å². The second-order valence-electron chi connectivity index (χ2n) is 9.95. The van der Waals surface area contributed by atoms with Crippen molar-refractivity contribution in [2.24, 2.45) is 7.05 Å². The minimum absolute atomic E-state index is 0.576. The molecule has 27 heavy (non-hydrogen) atoms. The molecule has 146 valence electrons. The third-order valence-corrected chi connectivity index (χ3v) is 10.6. The van der Waals surface area contributed by atoms with Crippen molar-refractivity contribution < 1.29 is 4.57 Å². The second-order valence-corrected chi connectivity index (χ2v) is 20.5. The summed E-state index contributed by atoms with van der Waals surface area (Å²) in [6, 6.07) is 9.74. The number of pyridine rings is 1. The standard InChI is InChI=1S/C25H38GeN/c1-18(2)22-16-25(27(7)17-24(22)26(4,5)6)23-15-21(14-13-19(23)3)20-11-9-8-10-12-20/h13-18,20H,8-12H2,1-7H3/q+1. The number of aromatic nitrogens is 1. The number of hydrogen-bond acceptors (Lipinski definition) is 0. The van der Waals surface area contributed by atoms with Gasteiger partial charge in [-0.15, -0.1) is 0 Å². The monoisotopic (exact) mass is 426 g/mol. The molecule has 1 fully saturated rings. The van der Waals surface area contributed by atoms with Gasteiger partial charge in [0.1, 0.15) is 0 Å². The quantitative estimate of drug-likeness (QED) is 0.406. The molecular formula is C25H38GeN+. The number of nitrogens with zero attached hydrogens (tertiary/aromatic N) is 1. The topological polar surface area (TPSA) is 3.88 Å². The van der Waals surface area contributed by atoms with Crippen LogP contribution in [0.25, 0.3) is 11.3 Å². The molecule has 2 heteroatoms. The van der Waals surface area contributed by atoms with Crippen molar-refractivity contribution in [3.05, 3.63) is 47.2 Å². The summed E-state index contributed by atoms with van der Waals surface area (Å²) in [5.41, 5.74) is 7.32. The Bertz CT molecular complexity index is 808. The van der Waals surface area contributed by atoms with Gasteiger partial charge in [-0.05, 0) is 0 Å². The Morgan fingerprint density at radius 3 is 2.26 bits per heavy atom. The molecule has 2 aromatic rings. The van der Waals surface area contributed by atoms with Crippen LogP contribution in [0.4, 0.5) is 0 Å². The maximum atomic E-state index is 2.51. The molecule has 0 amide bonds. The number of rotatable bonds is 4. The molecule has 0 aliphatic heterocycles. The van der Waals surface area contributed by atoms with Crippen LogP contribution in [0, 0.1) is 6.92 Å². The second kappa shape index (κ2) is 8.11. The fraction of sp³-hybridized carbons (Fsp3) is 0.560. The molecular weight excluding hydrogens is 387 g/mol. The Balaban J connectivity index is 2.11. The van der Waals surface area contributed by atoms with Gasteiger partial charge in [-0.2, -0.15) is 0 Å². The van der Waals surface area contributed by atoms with Crippen LogP contribution < -0.4 is 8.96 Å². The average Bonchev–Trinajstić information content (AvgIpc) is 2.62. The molecule has 1 aliphatic carbocycles. The Labute approximate surface area is 169 Å². The van der Waals surface area contributed by atoms with Crippen molar-refractivity contribution in [3.8, 4) is 11.3 Å². The molecule has 0 bridgehead atoms. The van der Waals surface area contributed by atoms with Crippen LogP contribution in [0.5, 0.6) is 0 Å². The van der Waals surface area contributed by atoms with E-state index in [0.29, 0.717) is 5.92 Å². The predicted octanol–water partition coefficient (Wildman–Crippen LogP) is 6.20. The first-order valence-electron chi connectivity index (χ1n) is 10.8. The van der Waals surface area contributed by atoms with E-state index in [1.165, 1.54) is 48.9 Å². The fourth-order valence-corrected chi connectivity index (χ4v) is 8.44. The zero-order valence-electron chi connectivity index (χ0n) is 18.5. The van der Waals surface area contributed by atoms with Gasteiger partial charge in [-0.3, -0.25) is 0 Å². The third kappa shape index (κ3) is 4.50. The predicted molar refractivity (Wildman–Crippen MR) is 121 cm³/mol. The molecule has 0 N–H and O–H groups in total. The zero-order valence-corrected chi connectivity index (χ0v) is 20.6. The number of benzene rings is 1. The molecule has 1 nitrogen and oxygen atoms in total. The Morgan fingerprint density at radius 1 is 1.00 bits per heavy atom. The Morgan fingerprint density at radius 2 is 1.67 bits per heavy atom. The van der Waals surface area contributed by atoms with Crippen molar-refractivity contribution in [2.75, 3.05) is 0 Å². The first-order chi connectivity index (χ1) is 12.7. The maximum absolute atomic E-state index is 2.51. The van der Waals surface area contributed by atoms with Gasteiger partial charge in [0.25, 0.3) is 0 Å². The van der Waals surface area contributed by atoms with Gasteiger partial charge in [0.15, 0.2) is 0 Å². The summed E-state index contributed by atoms with van der Waals surface area (Å²) in [6.07, 6.45) is 9.39. The fourth-order valence-electron chi connectivity index (χ4n) is 4.64. The number of aryl methyl sites for hydroxylation is 2. The molecule has 0 atom stereocenters. The Kier molecular flexibility index (Phi) is 6.20. The summed E-state index contributed by atoms with van der Waals surface area (Å²) in [7, 11) is 2.24. The van der Waals surface area contributed by atoms with Gasteiger partial charge >= 0.3 is 170 Å².